The van der Waals surface area contributed by atoms with Crippen LogP contribution in [-0.2, 0) is 6.18 Å². The quantitative estimate of drug-likeness (QED) is 0.804. The molecule has 1 heterocycles. The lowest BCUT2D eigenvalue weighted by molar-refractivity contribution is -0.137. The van der Waals surface area contributed by atoms with Crippen LogP contribution in [0, 0.1) is 0 Å². The monoisotopic (exact) mass is 390 g/mol. The van der Waals surface area contributed by atoms with Gasteiger partial charge in [0, 0.05) is 18.2 Å². The van der Waals surface area contributed by atoms with E-state index in [1.54, 1.807) is 29.2 Å². The van der Waals surface area contributed by atoms with Crippen molar-refractivity contribution in [2.75, 3.05) is 11.9 Å². The first kappa shape index (κ1) is 19.9. The average Bonchev–Trinajstić information content (AvgIpc) is 2.68. The number of nitrogens with zero attached hydrogens (tertiary/aromatic N) is 1. The van der Waals surface area contributed by atoms with E-state index >= 15 is 0 Å². The Morgan fingerprint density at radius 2 is 1.71 bits per heavy atom. The summed E-state index contributed by atoms with van der Waals surface area (Å²) in [7, 11) is 0. The maximum absolute atomic E-state index is 13.0. The van der Waals surface area contributed by atoms with E-state index in [4.69, 9.17) is 0 Å². The fourth-order valence-corrected chi connectivity index (χ4v) is 3.34. The minimum atomic E-state index is -4.46. The van der Waals surface area contributed by atoms with Crippen molar-refractivity contribution in [2.45, 2.75) is 38.4 Å². The summed E-state index contributed by atoms with van der Waals surface area (Å²) in [5.74, 6) is -0.726. The van der Waals surface area contributed by atoms with Crippen LogP contribution in [0.4, 0.5) is 18.9 Å². The Bertz CT molecular complexity index is 863. The molecule has 2 aromatic rings. The van der Waals surface area contributed by atoms with Crippen molar-refractivity contribution >= 4 is 17.5 Å². The number of benzene rings is 2. The number of piperidine rings is 1. The number of rotatable bonds is 3. The third-order valence-corrected chi connectivity index (χ3v) is 4.94. The number of hydrogen-bond donors (Lipinski definition) is 1. The van der Waals surface area contributed by atoms with Gasteiger partial charge in [-0.3, -0.25) is 9.59 Å². The van der Waals surface area contributed by atoms with Crippen molar-refractivity contribution in [3.8, 4) is 0 Å². The van der Waals surface area contributed by atoms with E-state index in [9.17, 15) is 22.8 Å². The predicted molar refractivity (Wildman–Crippen MR) is 100 cm³/mol. The van der Waals surface area contributed by atoms with Gasteiger partial charge in [-0.1, -0.05) is 12.1 Å². The van der Waals surface area contributed by atoms with Crippen molar-refractivity contribution in [3.05, 3.63) is 65.2 Å². The number of alkyl halides is 3. The fourth-order valence-electron chi connectivity index (χ4n) is 3.34. The SMILES string of the molecule is C[C@H]1CCCCN1C(=O)c1ccccc1NC(=O)c1ccc(C(F)(F)F)cc1. The van der Waals surface area contributed by atoms with Crippen LogP contribution in [0.1, 0.15) is 52.5 Å². The summed E-state index contributed by atoms with van der Waals surface area (Å²) in [5, 5.41) is 2.65. The van der Waals surface area contributed by atoms with Gasteiger partial charge < -0.3 is 10.2 Å². The molecule has 28 heavy (non-hydrogen) atoms. The second-order valence-electron chi connectivity index (χ2n) is 6.92. The Morgan fingerprint density at radius 3 is 2.36 bits per heavy atom. The van der Waals surface area contributed by atoms with Crippen molar-refractivity contribution in [1.29, 1.82) is 0 Å². The third-order valence-electron chi connectivity index (χ3n) is 4.94. The second kappa shape index (κ2) is 8.04. The molecule has 7 heteroatoms. The van der Waals surface area contributed by atoms with Crippen LogP contribution in [0.15, 0.2) is 48.5 Å². The molecule has 2 amide bonds. The highest BCUT2D eigenvalue weighted by Crippen LogP contribution is 2.29. The van der Waals surface area contributed by atoms with Crippen molar-refractivity contribution in [3.63, 3.8) is 0 Å². The molecule has 0 saturated carbocycles. The Balaban J connectivity index is 1.79. The van der Waals surface area contributed by atoms with Crippen molar-refractivity contribution in [1.82, 2.24) is 4.90 Å². The number of nitrogens with one attached hydrogen (secondary N) is 1. The maximum Gasteiger partial charge on any atom is 0.416 e. The van der Waals surface area contributed by atoms with E-state index in [0.717, 1.165) is 43.5 Å². The lowest BCUT2D eigenvalue weighted by atomic mass is 10.0. The summed E-state index contributed by atoms with van der Waals surface area (Å²) in [6.45, 7) is 2.67. The molecule has 1 aliphatic heterocycles. The number of amides is 2. The molecule has 1 N–H and O–H groups in total. The molecule has 1 aliphatic rings. The van der Waals surface area contributed by atoms with Crippen LogP contribution in [0.2, 0.25) is 0 Å². The normalized spacial score (nSPS) is 17.3. The summed E-state index contributed by atoms with van der Waals surface area (Å²) in [6, 6.07) is 10.8. The molecule has 1 fully saturated rings. The predicted octanol–water partition coefficient (Wildman–Crippen LogP) is 4.97. The van der Waals surface area contributed by atoms with E-state index in [2.05, 4.69) is 5.32 Å². The highest BCUT2D eigenvalue weighted by molar-refractivity contribution is 6.09. The van der Waals surface area contributed by atoms with E-state index in [0.29, 0.717) is 17.8 Å². The van der Waals surface area contributed by atoms with E-state index in [1.807, 2.05) is 6.92 Å². The Kier molecular flexibility index (Phi) is 5.72. The Morgan fingerprint density at radius 1 is 1.04 bits per heavy atom. The van der Waals surface area contributed by atoms with Gasteiger partial charge in [-0.2, -0.15) is 13.2 Å². The van der Waals surface area contributed by atoms with Gasteiger partial charge in [-0.15, -0.1) is 0 Å². The number of halogens is 3. The molecule has 1 atom stereocenters. The number of carbonyl (C=O) groups is 2. The topological polar surface area (TPSA) is 49.4 Å². The molecule has 0 spiro atoms. The molecule has 3 rings (SSSR count). The first-order valence-electron chi connectivity index (χ1n) is 9.16. The van der Waals surface area contributed by atoms with Gasteiger partial charge in [0.1, 0.15) is 0 Å². The minimum Gasteiger partial charge on any atom is -0.336 e. The summed E-state index contributed by atoms with van der Waals surface area (Å²) in [6.07, 6.45) is -1.50. The summed E-state index contributed by atoms with van der Waals surface area (Å²) >= 11 is 0. The highest BCUT2D eigenvalue weighted by Gasteiger charge is 2.30. The van der Waals surface area contributed by atoms with Crippen LogP contribution in [-0.4, -0.2) is 29.3 Å². The Labute approximate surface area is 161 Å². The maximum atomic E-state index is 13.0. The van der Waals surface area contributed by atoms with Gasteiger partial charge in [-0.05, 0) is 62.6 Å². The first-order valence-corrected chi connectivity index (χ1v) is 9.16. The largest absolute Gasteiger partial charge is 0.416 e. The number of carbonyl (C=O) groups excluding carboxylic acids is 2. The Hall–Kier alpha value is -2.83. The lowest BCUT2D eigenvalue weighted by Crippen LogP contribution is -2.42. The molecule has 1 saturated heterocycles. The van der Waals surface area contributed by atoms with Crippen molar-refractivity contribution in [2.24, 2.45) is 0 Å². The zero-order valence-electron chi connectivity index (χ0n) is 15.4. The van der Waals surface area contributed by atoms with E-state index < -0.39 is 17.6 Å². The summed E-state index contributed by atoms with van der Waals surface area (Å²) in [5.41, 5.74) is -0.0213. The van der Waals surface area contributed by atoms with Gasteiger partial charge in [0.25, 0.3) is 11.8 Å². The van der Waals surface area contributed by atoms with Crippen molar-refractivity contribution < 1.29 is 22.8 Å². The molecule has 4 nitrogen and oxygen atoms in total. The van der Waals surface area contributed by atoms with Crippen LogP contribution in [0.25, 0.3) is 0 Å². The number of anilines is 1. The second-order valence-corrected chi connectivity index (χ2v) is 6.92. The minimum absolute atomic E-state index is 0.0848. The fraction of sp³-hybridized carbons (Fsp3) is 0.333. The highest BCUT2D eigenvalue weighted by atomic mass is 19.4. The molecular formula is C21H21F3N2O2. The third kappa shape index (κ3) is 4.35. The summed E-state index contributed by atoms with van der Waals surface area (Å²) in [4.78, 5) is 27.2. The van der Waals surface area contributed by atoms with E-state index in [1.165, 1.54) is 0 Å². The van der Waals surface area contributed by atoms with Gasteiger partial charge in [0.2, 0.25) is 0 Å². The zero-order valence-corrected chi connectivity index (χ0v) is 15.4. The van der Waals surface area contributed by atoms with E-state index in [-0.39, 0.29) is 17.5 Å². The number of hydrogen-bond acceptors (Lipinski definition) is 2. The molecule has 2 aromatic carbocycles. The van der Waals surface area contributed by atoms with Crippen LogP contribution < -0.4 is 5.32 Å². The zero-order chi connectivity index (χ0) is 20.3. The smallest absolute Gasteiger partial charge is 0.336 e. The van der Waals surface area contributed by atoms with Gasteiger partial charge in [0.15, 0.2) is 0 Å². The molecule has 0 unspecified atom stereocenters. The molecule has 0 aromatic heterocycles. The standard InChI is InChI=1S/C21H21F3N2O2/c1-14-6-4-5-13-26(14)20(28)17-7-2-3-8-18(17)25-19(27)15-9-11-16(12-10-15)21(22,23)24/h2-3,7-12,14H,4-6,13H2,1H3,(H,25,27)/t14-/m0/s1. The molecule has 0 radical (unpaired) electrons. The average molecular weight is 390 g/mol. The van der Waals surface area contributed by atoms with Crippen LogP contribution in [0.3, 0.4) is 0 Å². The number of para-hydroxylation sites is 1. The molecular weight excluding hydrogens is 369 g/mol. The molecule has 148 valence electrons. The molecule has 0 bridgehead atoms. The number of likely N-dealkylation sites (tertiary alicyclic amines) is 1. The van der Waals surface area contributed by atoms with Gasteiger partial charge in [-0.25, -0.2) is 0 Å². The molecule has 0 aliphatic carbocycles. The van der Waals surface area contributed by atoms with Crippen LogP contribution >= 0.6 is 0 Å². The lowest BCUT2D eigenvalue weighted by Gasteiger charge is -2.33. The summed E-state index contributed by atoms with van der Waals surface area (Å²) < 4.78 is 38.0. The first-order chi connectivity index (χ1) is 13.3. The van der Waals surface area contributed by atoms with Crippen LogP contribution in [0.5, 0.6) is 0 Å². The van der Waals surface area contributed by atoms with Gasteiger partial charge >= 0.3 is 6.18 Å². The van der Waals surface area contributed by atoms with Gasteiger partial charge in [0.05, 0.1) is 16.8 Å².